The molecule has 0 unspecified atom stereocenters. The average molecular weight is 256 g/mol. The third kappa shape index (κ3) is 2.89. The number of nitrogens with one attached hydrogen (secondary N) is 1. The lowest BCUT2D eigenvalue weighted by molar-refractivity contribution is 0.774. The number of anilines is 1. The molecule has 0 radical (unpaired) electrons. The van der Waals surface area contributed by atoms with Gasteiger partial charge in [0.1, 0.15) is 11.6 Å². The Kier molecular flexibility index (Phi) is 4.10. The predicted molar refractivity (Wildman–Crippen MR) is 78.3 cm³/mol. The lowest BCUT2D eigenvalue weighted by Gasteiger charge is -2.14. The molecule has 0 aliphatic carbocycles. The van der Waals surface area contributed by atoms with Crippen molar-refractivity contribution in [3.8, 4) is 11.3 Å². The predicted octanol–water partition coefficient (Wildman–Crippen LogP) is 3.40. The molecule has 2 heterocycles. The summed E-state index contributed by atoms with van der Waals surface area (Å²) in [6.07, 6.45) is 3.61. The standard InChI is InChI=1S/C15H20N4/c1-5-17-15-11(4)13(12-7-6-8-16-9-12)18-14(19-15)10(2)3/h6-10H,5H2,1-4H3,(H,17,18,19). The van der Waals surface area contributed by atoms with Crippen LogP contribution in [0.1, 0.15) is 38.1 Å². The summed E-state index contributed by atoms with van der Waals surface area (Å²) in [5, 5.41) is 3.31. The monoisotopic (exact) mass is 256 g/mol. The summed E-state index contributed by atoms with van der Waals surface area (Å²) in [6, 6.07) is 3.96. The smallest absolute Gasteiger partial charge is 0.133 e. The second kappa shape index (κ2) is 5.78. The Bertz CT molecular complexity index is 550. The normalized spacial score (nSPS) is 10.8. The highest BCUT2D eigenvalue weighted by Crippen LogP contribution is 2.27. The molecular weight excluding hydrogens is 236 g/mol. The number of pyridine rings is 1. The molecule has 2 aromatic heterocycles. The van der Waals surface area contributed by atoms with Gasteiger partial charge < -0.3 is 5.32 Å². The van der Waals surface area contributed by atoms with Crippen molar-refractivity contribution in [1.82, 2.24) is 15.0 Å². The summed E-state index contributed by atoms with van der Waals surface area (Å²) in [7, 11) is 0. The SMILES string of the molecule is CCNc1nc(C(C)C)nc(-c2cccnc2)c1C. The first-order chi connectivity index (χ1) is 9.13. The third-order valence-electron chi connectivity index (χ3n) is 2.96. The Hall–Kier alpha value is -1.97. The van der Waals surface area contributed by atoms with Crippen LogP contribution in [0.15, 0.2) is 24.5 Å². The molecule has 2 rings (SSSR count). The fourth-order valence-electron chi connectivity index (χ4n) is 1.92. The highest BCUT2D eigenvalue weighted by Gasteiger charge is 2.14. The number of nitrogens with zero attached hydrogens (tertiary/aromatic N) is 3. The van der Waals surface area contributed by atoms with E-state index in [0.717, 1.165) is 35.0 Å². The van der Waals surface area contributed by atoms with Crippen molar-refractivity contribution in [3.05, 3.63) is 35.9 Å². The molecule has 4 heteroatoms. The molecule has 0 aliphatic heterocycles. The molecule has 0 aliphatic rings. The van der Waals surface area contributed by atoms with Crippen LogP contribution in [0.5, 0.6) is 0 Å². The van der Waals surface area contributed by atoms with Crippen LogP contribution >= 0.6 is 0 Å². The summed E-state index contributed by atoms with van der Waals surface area (Å²) in [6.45, 7) is 9.17. The van der Waals surface area contributed by atoms with E-state index in [1.807, 2.05) is 25.3 Å². The highest BCUT2D eigenvalue weighted by atomic mass is 15.0. The van der Waals surface area contributed by atoms with Gasteiger partial charge in [0.05, 0.1) is 5.69 Å². The number of rotatable bonds is 4. The van der Waals surface area contributed by atoms with Crippen molar-refractivity contribution in [1.29, 1.82) is 0 Å². The first-order valence-electron chi connectivity index (χ1n) is 6.66. The molecule has 0 bridgehead atoms. The third-order valence-corrected chi connectivity index (χ3v) is 2.96. The fourth-order valence-corrected chi connectivity index (χ4v) is 1.92. The van der Waals surface area contributed by atoms with Crippen LogP contribution in [-0.4, -0.2) is 21.5 Å². The molecule has 0 fully saturated rings. The van der Waals surface area contributed by atoms with Gasteiger partial charge in [0, 0.05) is 36.0 Å². The lowest BCUT2D eigenvalue weighted by Crippen LogP contribution is -2.09. The maximum atomic E-state index is 4.69. The van der Waals surface area contributed by atoms with E-state index in [2.05, 4.69) is 36.1 Å². The molecule has 0 atom stereocenters. The fraction of sp³-hybridized carbons (Fsp3) is 0.400. The van der Waals surface area contributed by atoms with Crippen molar-refractivity contribution in [2.75, 3.05) is 11.9 Å². The summed E-state index contributed by atoms with van der Waals surface area (Å²) in [5.41, 5.74) is 3.06. The van der Waals surface area contributed by atoms with Gasteiger partial charge >= 0.3 is 0 Å². The Labute approximate surface area is 114 Å². The van der Waals surface area contributed by atoms with Gasteiger partial charge in [-0.3, -0.25) is 4.98 Å². The van der Waals surface area contributed by atoms with Crippen molar-refractivity contribution in [2.24, 2.45) is 0 Å². The minimum Gasteiger partial charge on any atom is -0.370 e. The van der Waals surface area contributed by atoms with Crippen LogP contribution in [0.4, 0.5) is 5.82 Å². The van der Waals surface area contributed by atoms with Gasteiger partial charge in [-0.1, -0.05) is 13.8 Å². The zero-order chi connectivity index (χ0) is 13.8. The summed E-state index contributed by atoms with van der Waals surface area (Å²) in [5.74, 6) is 2.08. The van der Waals surface area contributed by atoms with Crippen molar-refractivity contribution >= 4 is 5.82 Å². The van der Waals surface area contributed by atoms with E-state index < -0.39 is 0 Å². The summed E-state index contributed by atoms with van der Waals surface area (Å²) in [4.78, 5) is 13.5. The molecule has 0 aromatic carbocycles. The van der Waals surface area contributed by atoms with Crippen LogP contribution in [0, 0.1) is 6.92 Å². The van der Waals surface area contributed by atoms with Gasteiger partial charge in [-0.15, -0.1) is 0 Å². The second-order valence-electron chi connectivity index (χ2n) is 4.83. The number of hydrogen-bond acceptors (Lipinski definition) is 4. The Morgan fingerprint density at radius 3 is 2.63 bits per heavy atom. The largest absolute Gasteiger partial charge is 0.370 e. The van der Waals surface area contributed by atoms with Gasteiger partial charge in [0.25, 0.3) is 0 Å². The zero-order valence-corrected chi connectivity index (χ0v) is 11.9. The molecule has 0 spiro atoms. The number of hydrogen-bond donors (Lipinski definition) is 1. The van der Waals surface area contributed by atoms with Crippen LogP contribution < -0.4 is 5.32 Å². The quantitative estimate of drug-likeness (QED) is 0.910. The molecule has 0 saturated carbocycles. The van der Waals surface area contributed by atoms with Crippen LogP contribution in [-0.2, 0) is 0 Å². The van der Waals surface area contributed by atoms with E-state index in [-0.39, 0.29) is 0 Å². The summed E-state index contributed by atoms with van der Waals surface area (Å²) >= 11 is 0. The highest BCUT2D eigenvalue weighted by molar-refractivity contribution is 5.67. The molecule has 1 N–H and O–H groups in total. The minimum atomic E-state index is 0.299. The molecular formula is C15H20N4. The van der Waals surface area contributed by atoms with E-state index in [1.165, 1.54) is 0 Å². The number of aromatic nitrogens is 3. The van der Waals surface area contributed by atoms with E-state index >= 15 is 0 Å². The van der Waals surface area contributed by atoms with Gasteiger partial charge in [0.15, 0.2) is 0 Å². The van der Waals surface area contributed by atoms with Gasteiger partial charge in [0.2, 0.25) is 0 Å². The molecule has 0 amide bonds. The topological polar surface area (TPSA) is 50.7 Å². The van der Waals surface area contributed by atoms with Crippen molar-refractivity contribution in [2.45, 2.75) is 33.6 Å². The van der Waals surface area contributed by atoms with Crippen LogP contribution in [0.3, 0.4) is 0 Å². The van der Waals surface area contributed by atoms with Gasteiger partial charge in [-0.05, 0) is 26.0 Å². The maximum Gasteiger partial charge on any atom is 0.133 e. The molecule has 2 aromatic rings. The van der Waals surface area contributed by atoms with E-state index in [9.17, 15) is 0 Å². The Morgan fingerprint density at radius 2 is 2.05 bits per heavy atom. The molecule has 100 valence electrons. The average Bonchev–Trinajstić information content (AvgIpc) is 2.42. The lowest BCUT2D eigenvalue weighted by atomic mass is 10.1. The van der Waals surface area contributed by atoms with E-state index in [1.54, 1.807) is 6.20 Å². The second-order valence-corrected chi connectivity index (χ2v) is 4.83. The van der Waals surface area contributed by atoms with Gasteiger partial charge in [-0.2, -0.15) is 0 Å². The van der Waals surface area contributed by atoms with Crippen LogP contribution in [0.25, 0.3) is 11.3 Å². The minimum absolute atomic E-state index is 0.299. The Balaban J connectivity index is 2.59. The van der Waals surface area contributed by atoms with Crippen molar-refractivity contribution < 1.29 is 0 Å². The Morgan fingerprint density at radius 1 is 1.26 bits per heavy atom. The zero-order valence-electron chi connectivity index (χ0n) is 11.9. The first kappa shape index (κ1) is 13.5. The summed E-state index contributed by atoms with van der Waals surface area (Å²) < 4.78 is 0. The van der Waals surface area contributed by atoms with E-state index in [4.69, 9.17) is 4.98 Å². The molecule has 4 nitrogen and oxygen atoms in total. The molecule has 0 saturated heterocycles. The van der Waals surface area contributed by atoms with E-state index in [0.29, 0.717) is 5.92 Å². The van der Waals surface area contributed by atoms with Crippen LogP contribution in [0.2, 0.25) is 0 Å². The van der Waals surface area contributed by atoms with Crippen molar-refractivity contribution in [3.63, 3.8) is 0 Å². The first-order valence-corrected chi connectivity index (χ1v) is 6.66. The maximum absolute atomic E-state index is 4.69. The molecule has 19 heavy (non-hydrogen) atoms. The van der Waals surface area contributed by atoms with Gasteiger partial charge in [-0.25, -0.2) is 9.97 Å².